The highest BCUT2D eigenvalue weighted by Gasteiger charge is 2.27. The lowest BCUT2D eigenvalue weighted by Crippen LogP contribution is -2.45. The zero-order valence-electron chi connectivity index (χ0n) is 41.6. The molecule has 0 aromatic heterocycles. The standard InChI is InChI=1S/C53H103N2O6P/c1-6-8-10-12-14-16-18-20-22-23-24-25-26-27-28-29-30-31-33-34-36-38-40-42-44-46-52(56)51(50-61-62(58,59)60-49-48-55(3,4)5)54-53(57)47-45-43-41-39-37-35-32-21-19-17-15-13-11-9-7-2/h30-31,36,38,44,46,51-52,56H,6-29,32-35,37,39-43,45,47-50H2,1-5H3,(H-,54,57,58,59)/p+1/b31-30+,38-36+,46-44+. The molecule has 3 atom stereocenters. The van der Waals surface area contributed by atoms with Crippen molar-refractivity contribution in [1.82, 2.24) is 5.32 Å². The first-order chi connectivity index (χ1) is 30.0. The Bertz CT molecular complexity index is 1110. The van der Waals surface area contributed by atoms with E-state index in [1.54, 1.807) is 6.08 Å². The molecule has 0 bridgehead atoms. The summed E-state index contributed by atoms with van der Waals surface area (Å²) in [5.41, 5.74) is 0. The van der Waals surface area contributed by atoms with E-state index < -0.39 is 20.0 Å². The number of aliphatic hydroxyl groups excluding tert-OH is 1. The number of aliphatic hydroxyl groups is 1. The van der Waals surface area contributed by atoms with Gasteiger partial charge in [0.15, 0.2) is 0 Å². The number of allylic oxidation sites excluding steroid dienone is 5. The van der Waals surface area contributed by atoms with Crippen LogP contribution in [0, 0.1) is 0 Å². The average Bonchev–Trinajstić information content (AvgIpc) is 3.23. The largest absolute Gasteiger partial charge is 0.472 e. The number of amides is 1. The molecule has 3 N–H and O–H groups in total. The van der Waals surface area contributed by atoms with Gasteiger partial charge < -0.3 is 19.8 Å². The predicted molar refractivity (Wildman–Crippen MR) is 268 cm³/mol. The summed E-state index contributed by atoms with van der Waals surface area (Å²) < 4.78 is 23.6. The highest BCUT2D eigenvalue weighted by molar-refractivity contribution is 7.47. The molecular weight excluding hydrogens is 792 g/mol. The van der Waals surface area contributed by atoms with Crippen molar-refractivity contribution in [2.75, 3.05) is 40.9 Å². The third kappa shape index (κ3) is 46.7. The molecule has 366 valence electrons. The molecule has 0 aliphatic carbocycles. The van der Waals surface area contributed by atoms with Gasteiger partial charge in [-0.15, -0.1) is 0 Å². The van der Waals surface area contributed by atoms with Gasteiger partial charge in [-0.3, -0.25) is 13.8 Å². The molecule has 1 amide bonds. The second-order valence-corrected chi connectivity index (χ2v) is 20.7. The first-order valence-electron chi connectivity index (χ1n) is 26.4. The maximum atomic E-state index is 12.9. The van der Waals surface area contributed by atoms with E-state index in [4.69, 9.17) is 9.05 Å². The Labute approximate surface area is 385 Å². The first kappa shape index (κ1) is 60.7. The lowest BCUT2D eigenvalue weighted by atomic mass is 10.0. The molecule has 0 aromatic rings. The molecular formula is C53H104N2O6P+. The van der Waals surface area contributed by atoms with E-state index in [9.17, 15) is 19.4 Å². The van der Waals surface area contributed by atoms with Gasteiger partial charge in [-0.2, -0.15) is 0 Å². The number of likely N-dealkylation sites (N-methyl/N-ethyl adjacent to an activating group) is 1. The number of hydrogen-bond acceptors (Lipinski definition) is 5. The van der Waals surface area contributed by atoms with Gasteiger partial charge in [0, 0.05) is 6.42 Å². The van der Waals surface area contributed by atoms with Gasteiger partial charge in [0.1, 0.15) is 13.2 Å². The fraction of sp³-hybridized carbons (Fsp3) is 0.868. The maximum Gasteiger partial charge on any atom is 0.472 e. The monoisotopic (exact) mass is 896 g/mol. The molecule has 0 saturated carbocycles. The van der Waals surface area contributed by atoms with Gasteiger partial charge in [-0.05, 0) is 44.9 Å². The number of unbranched alkanes of at least 4 members (excludes halogenated alkanes) is 31. The molecule has 0 saturated heterocycles. The number of carbonyl (C=O) groups is 1. The quantitative estimate of drug-likeness (QED) is 0.0243. The Morgan fingerprint density at radius 1 is 0.532 bits per heavy atom. The summed E-state index contributed by atoms with van der Waals surface area (Å²) >= 11 is 0. The normalized spacial score (nSPS) is 14.4. The second kappa shape index (κ2) is 44.9. The van der Waals surface area contributed by atoms with E-state index in [1.165, 1.54) is 180 Å². The van der Waals surface area contributed by atoms with Gasteiger partial charge in [0.05, 0.1) is 39.9 Å². The Kier molecular flexibility index (Phi) is 44.0. The SMILES string of the molecule is CCCCCCCCCCCCCCCCC/C=C/CC/C=C/CC/C=C/C(O)C(COP(=O)(O)OCC[N+](C)(C)C)NC(=O)CCCCCCCCCCCCCCCCC. The fourth-order valence-electron chi connectivity index (χ4n) is 7.66. The van der Waals surface area contributed by atoms with Crippen LogP contribution in [0.3, 0.4) is 0 Å². The second-order valence-electron chi connectivity index (χ2n) is 19.2. The molecule has 0 radical (unpaired) electrons. The zero-order chi connectivity index (χ0) is 45.7. The molecule has 8 nitrogen and oxygen atoms in total. The zero-order valence-corrected chi connectivity index (χ0v) is 42.5. The summed E-state index contributed by atoms with van der Waals surface area (Å²) in [5.74, 6) is -0.189. The number of phosphoric ester groups is 1. The number of phosphoric acid groups is 1. The number of quaternary nitrogens is 1. The van der Waals surface area contributed by atoms with Crippen LogP contribution in [0.1, 0.15) is 245 Å². The minimum Gasteiger partial charge on any atom is -0.387 e. The molecule has 0 aliphatic rings. The van der Waals surface area contributed by atoms with Crippen LogP contribution in [0.2, 0.25) is 0 Å². The molecule has 0 fully saturated rings. The van der Waals surface area contributed by atoms with Crippen LogP contribution < -0.4 is 5.32 Å². The third-order valence-corrected chi connectivity index (χ3v) is 12.8. The highest BCUT2D eigenvalue weighted by Crippen LogP contribution is 2.43. The summed E-state index contributed by atoms with van der Waals surface area (Å²) in [6, 6.07) is -0.866. The van der Waals surface area contributed by atoms with Crippen molar-refractivity contribution >= 4 is 13.7 Å². The van der Waals surface area contributed by atoms with E-state index in [2.05, 4.69) is 43.5 Å². The molecule has 62 heavy (non-hydrogen) atoms. The van der Waals surface area contributed by atoms with Crippen molar-refractivity contribution in [2.45, 2.75) is 257 Å². The molecule has 0 heterocycles. The number of rotatable bonds is 48. The molecule has 9 heteroatoms. The van der Waals surface area contributed by atoms with E-state index in [0.717, 1.165) is 44.9 Å². The van der Waals surface area contributed by atoms with Crippen molar-refractivity contribution in [3.05, 3.63) is 36.5 Å². The Balaban J connectivity index is 4.32. The number of nitrogens with one attached hydrogen (secondary N) is 1. The van der Waals surface area contributed by atoms with Crippen molar-refractivity contribution in [2.24, 2.45) is 0 Å². The Morgan fingerprint density at radius 2 is 0.887 bits per heavy atom. The van der Waals surface area contributed by atoms with E-state index >= 15 is 0 Å². The van der Waals surface area contributed by atoms with Crippen LogP contribution in [-0.4, -0.2) is 73.4 Å². The van der Waals surface area contributed by atoms with Gasteiger partial charge in [-0.1, -0.05) is 230 Å². The number of carbonyl (C=O) groups excluding carboxylic acids is 1. The van der Waals surface area contributed by atoms with Crippen LogP contribution in [-0.2, 0) is 18.4 Å². The van der Waals surface area contributed by atoms with Crippen LogP contribution in [0.4, 0.5) is 0 Å². The lowest BCUT2D eigenvalue weighted by Gasteiger charge is -2.25. The number of nitrogens with zero attached hydrogens (tertiary/aromatic N) is 1. The topological polar surface area (TPSA) is 105 Å². The van der Waals surface area contributed by atoms with Crippen LogP contribution >= 0.6 is 7.82 Å². The molecule has 0 aromatic carbocycles. The minimum absolute atomic E-state index is 0.0549. The first-order valence-corrected chi connectivity index (χ1v) is 27.9. The predicted octanol–water partition coefficient (Wildman–Crippen LogP) is 15.4. The van der Waals surface area contributed by atoms with Crippen LogP contribution in [0.5, 0.6) is 0 Å². The van der Waals surface area contributed by atoms with Gasteiger partial charge in [0.2, 0.25) is 5.91 Å². The van der Waals surface area contributed by atoms with Gasteiger partial charge >= 0.3 is 7.82 Å². The number of hydrogen-bond donors (Lipinski definition) is 3. The van der Waals surface area contributed by atoms with E-state index in [-0.39, 0.29) is 19.1 Å². The summed E-state index contributed by atoms with van der Waals surface area (Å²) in [6.07, 6.45) is 56.7. The van der Waals surface area contributed by atoms with Gasteiger partial charge in [-0.25, -0.2) is 4.57 Å². The van der Waals surface area contributed by atoms with Crippen LogP contribution in [0.15, 0.2) is 36.5 Å². The summed E-state index contributed by atoms with van der Waals surface area (Å²) in [7, 11) is 1.55. The smallest absolute Gasteiger partial charge is 0.387 e. The van der Waals surface area contributed by atoms with E-state index in [0.29, 0.717) is 17.4 Å². The van der Waals surface area contributed by atoms with Crippen LogP contribution in [0.25, 0.3) is 0 Å². The summed E-state index contributed by atoms with van der Waals surface area (Å²) in [5, 5.41) is 13.9. The van der Waals surface area contributed by atoms with Crippen molar-refractivity contribution < 1.29 is 32.9 Å². The molecule has 0 rings (SSSR count). The fourth-order valence-corrected chi connectivity index (χ4v) is 8.40. The maximum absolute atomic E-state index is 12.9. The highest BCUT2D eigenvalue weighted by atomic mass is 31.2. The Morgan fingerprint density at radius 3 is 1.29 bits per heavy atom. The molecule has 3 unspecified atom stereocenters. The third-order valence-electron chi connectivity index (χ3n) is 11.8. The minimum atomic E-state index is -4.35. The lowest BCUT2D eigenvalue weighted by molar-refractivity contribution is -0.870. The molecule has 0 aliphatic heterocycles. The van der Waals surface area contributed by atoms with Crippen molar-refractivity contribution in [3.8, 4) is 0 Å². The average molecular weight is 896 g/mol. The van der Waals surface area contributed by atoms with E-state index in [1.807, 2.05) is 27.2 Å². The van der Waals surface area contributed by atoms with Gasteiger partial charge in [0.25, 0.3) is 0 Å². The summed E-state index contributed by atoms with van der Waals surface area (Å²) in [4.78, 5) is 23.2. The van der Waals surface area contributed by atoms with Crippen molar-refractivity contribution in [3.63, 3.8) is 0 Å². The Hall–Kier alpha value is -1.28. The van der Waals surface area contributed by atoms with Crippen molar-refractivity contribution in [1.29, 1.82) is 0 Å². The molecule has 0 spiro atoms. The summed E-state index contributed by atoms with van der Waals surface area (Å²) in [6.45, 7) is 4.81.